The highest BCUT2D eigenvalue weighted by atomic mass is 32.2. The lowest BCUT2D eigenvalue weighted by Crippen LogP contribution is -2.15. The Balaban J connectivity index is 1.22. The summed E-state index contributed by atoms with van der Waals surface area (Å²) in [5.41, 5.74) is 7.31. The van der Waals surface area contributed by atoms with Gasteiger partial charge in [0.2, 0.25) is 0 Å². The standard InChI is InChI=1S/C29H45NO11S/c1-26-2-8-29(9-3-26)42(31,32)41-25-23-39-21-19-37-17-15-35-13-11-33-10-12-34-14-16-36-18-20-38-22-24-40-28-6-4-27(30)5-7-28/h2-9H,10-25,30H2,1H3. The molecule has 0 aliphatic heterocycles. The third-order valence-electron chi connectivity index (χ3n) is 5.38. The fourth-order valence-electron chi connectivity index (χ4n) is 3.18. The van der Waals surface area contributed by atoms with Gasteiger partial charge in [-0.15, -0.1) is 0 Å². The lowest BCUT2D eigenvalue weighted by molar-refractivity contribution is -0.0218. The molecule has 0 radical (unpaired) electrons. The van der Waals surface area contributed by atoms with E-state index in [2.05, 4.69) is 0 Å². The SMILES string of the molecule is Cc1ccc(S(=O)(=O)OCCOCCOCCOCCOCCOCCOCCOCCOc2ccc(N)cc2)cc1. The van der Waals surface area contributed by atoms with Gasteiger partial charge in [-0.3, -0.25) is 4.18 Å². The van der Waals surface area contributed by atoms with Crippen molar-refractivity contribution in [1.29, 1.82) is 0 Å². The molecule has 0 spiro atoms. The number of hydrogen-bond donors (Lipinski definition) is 1. The maximum absolute atomic E-state index is 12.1. The Hall–Kier alpha value is -2.33. The smallest absolute Gasteiger partial charge is 0.297 e. The highest BCUT2D eigenvalue weighted by Gasteiger charge is 2.14. The van der Waals surface area contributed by atoms with E-state index in [0.29, 0.717) is 98.2 Å². The predicted molar refractivity (Wildman–Crippen MR) is 156 cm³/mol. The molecule has 13 heteroatoms. The molecule has 0 aromatic heterocycles. The molecule has 42 heavy (non-hydrogen) atoms. The first-order valence-corrected chi connectivity index (χ1v) is 15.4. The van der Waals surface area contributed by atoms with Crippen molar-refractivity contribution in [2.45, 2.75) is 11.8 Å². The molecule has 2 aromatic rings. The molecule has 12 nitrogen and oxygen atoms in total. The molecule has 2 aromatic carbocycles. The Morgan fingerprint density at radius 3 is 1.26 bits per heavy atom. The molecule has 238 valence electrons. The van der Waals surface area contributed by atoms with E-state index in [4.69, 9.17) is 47.8 Å². The second-order valence-electron chi connectivity index (χ2n) is 8.79. The van der Waals surface area contributed by atoms with Crippen molar-refractivity contribution < 1.29 is 50.5 Å². The summed E-state index contributed by atoms with van der Waals surface area (Å²) in [6.07, 6.45) is 0. The molecule has 2 rings (SSSR count). The molecule has 0 saturated heterocycles. The van der Waals surface area contributed by atoms with Crippen molar-refractivity contribution in [3.8, 4) is 5.75 Å². The van der Waals surface area contributed by atoms with Crippen LogP contribution in [0.2, 0.25) is 0 Å². The van der Waals surface area contributed by atoms with Crippen molar-refractivity contribution in [2.24, 2.45) is 0 Å². The molecular weight excluding hydrogens is 570 g/mol. The number of benzene rings is 2. The Bertz CT molecular complexity index is 1020. The van der Waals surface area contributed by atoms with Crippen molar-refractivity contribution in [3.05, 3.63) is 54.1 Å². The van der Waals surface area contributed by atoms with E-state index >= 15 is 0 Å². The van der Waals surface area contributed by atoms with Gasteiger partial charge in [-0.25, -0.2) is 0 Å². The monoisotopic (exact) mass is 615 g/mol. The average molecular weight is 616 g/mol. The van der Waals surface area contributed by atoms with Crippen LogP contribution >= 0.6 is 0 Å². The van der Waals surface area contributed by atoms with Crippen molar-refractivity contribution >= 4 is 15.8 Å². The summed E-state index contributed by atoms with van der Waals surface area (Å²) < 4.78 is 72.6. The molecule has 0 fully saturated rings. The molecule has 0 amide bonds. The van der Waals surface area contributed by atoms with Crippen molar-refractivity contribution in [3.63, 3.8) is 0 Å². The van der Waals surface area contributed by atoms with Gasteiger partial charge >= 0.3 is 0 Å². The fourth-order valence-corrected chi connectivity index (χ4v) is 4.07. The zero-order valence-electron chi connectivity index (χ0n) is 24.4. The average Bonchev–Trinajstić information content (AvgIpc) is 2.98. The largest absolute Gasteiger partial charge is 0.491 e. The topological polar surface area (TPSA) is 143 Å². The van der Waals surface area contributed by atoms with Gasteiger partial charge in [0.1, 0.15) is 12.4 Å². The minimum absolute atomic E-state index is 0.0578. The van der Waals surface area contributed by atoms with Gasteiger partial charge in [0.05, 0.1) is 104 Å². The third-order valence-corrected chi connectivity index (χ3v) is 6.71. The van der Waals surface area contributed by atoms with E-state index in [-0.39, 0.29) is 18.1 Å². The van der Waals surface area contributed by atoms with Crippen LogP contribution in [0, 0.1) is 6.92 Å². The van der Waals surface area contributed by atoms with Crippen LogP contribution in [0.1, 0.15) is 5.56 Å². The van der Waals surface area contributed by atoms with E-state index in [1.54, 1.807) is 24.3 Å². The van der Waals surface area contributed by atoms with E-state index in [0.717, 1.165) is 11.3 Å². The summed E-state index contributed by atoms with van der Waals surface area (Å²) >= 11 is 0. The summed E-state index contributed by atoms with van der Waals surface area (Å²) in [7, 11) is -3.77. The number of ether oxygens (including phenoxy) is 8. The first kappa shape index (κ1) is 35.9. The molecule has 0 atom stereocenters. The first-order chi connectivity index (χ1) is 20.5. The van der Waals surface area contributed by atoms with Crippen LogP contribution in [0.3, 0.4) is 0 Å². The molecule has 0 heterocycles. The Morgan fingerprint density at radius 1 is 0.500 bits per heavy atom. The fraction of sp³-hybridized carbons (Fsp3) is 0.586. The number of anilines is 1. The minimum atomic E-state index is -3.77. The third kappa shape index (κ3) is 18.3. The zero-order valence-corrected chi connectivity index (χ0v) is 25.2. The summed E-state index contributed by atoms with van der Waals surface area (Å²) in [4.78, 5) is 0.129. The van der Waals surface area contributed by atoms with Gasteiger partial charge in [-0.2, -0.15) is 8.42 Å². The van der Waals surface area contributed by atoms with Crippen LogP contribution in [0.5, 0.6) is 5.75 Å². The maximum Gasteiger partial charge on any atom is 0.297 e. The van der Waals surface area contributed by atoms with Crippen LogP contribution in [0.4, 0.5) is 5.69 Å². The van der Waals surface area contributed by atoms with Gasteiger partial charge in [0.15, 0.2) is 0 Å². The quantitative estimate of drug-likeness (QED) is 0.0896. The normalized spacial score (nSPS) is 11.6. The van der Waals surface area contributed by atoms with Crippen LogP contribution < -0.4 is 10.5 Å². The maximum atomic E-state index is 12.1. The Kier molecular flexibility index (Phi) is 19.8. The lowest BCUT2D eigenvalue weighted by atomic mass is 10.2. The lowest BCUT2D eigenvalue weighted by Gasteiger charge is -2.09. The van der Waals surface area contributed by atoms with Gasteiger partial charge in [0, 0.05) is 5.69 Å². The Morgan fingerprint density at radius 2 is 0.857 bits per heavy atom. The summed E-state index contributed by atoms with van der Waals surface area (Å²) in [5, 5.41) is 0. The van der Waals surface area contributed by atoms with E-state index in [1.807, 2.05) is 19.1 Å². The van der Waals surface area contributed by atoms with E-state index in [9.17, 15) is 8.42 Å². The van der Waals surface area contributed by atoms with Crippen molar-refractivity contribution in [1.82, 2.24) is 0 Å². The number of hydrogen-bond acceptors (Lipinski definition) is 12. The van der Waals surface area contributed by atoms with Crippen LogP contribution in [0.15, 0.2) is 53.4 Å². The molecule has 0 aliphatic rings. The molecule has 0 unspecified atom stereocenters. The molecule has 0 saturated carbocycles. The summed E-state index contributed by atoms with van der Waals surface area (Å²) in [5.74, 6) is 0.763. The van der Waals surface area contributed by atoms with Crippen LogP contribution in [0.25, 0.3) is 0 Å². The van der Waals surface area contributed by atoms with Crippen LogP contribution in [-0.4, -0.2) is 114 Å². The predicted octanol–water partition coefficient (Wildman–Crippen LogP) is 2.48. The van der Waals surface area contributed by atoms with Crippen molar-refractivity contribution in [2.75, 3.05) is 111 Å². The number of aryl methyl sites for hydroxylation is 1. The second-order valence-corrected chi connectivity index (χ2v) is 10.4. The first-order valence-electron chi connectivity index (χ1n) is 14.0. The highest BCUT2D eigenvalue weighted by molar-refractivity contribution is 7.86. The summed E-state index contributed by atoms with van der Waals surface area (Å²) in [6, 6.07) is 13.7. The van der Waals surface area contributed by atoms with Gasteiger partial charge in [-0.1, -0.05) is 17.7 Å². The minimum Gasteiger partial charge on any atom is -0.491 e. The molecule has 0 aliphatic carbocycles. The number of nitrogen functional groups attached to an aromatic ring is 1. The van der Waals surface area contributed by atoms with Gasteiger partial charge in [0.25, 0.3) is 10.1 Å². The number of rotatable bonds is 27. The highest BCUT2D eigenvalue weighted by Crippen LogP contribution is 2.13. The van der Waals surface area contributed by atoms with Crippen LogP contribution in [-0.2, 0) is 47.5 Å². The van der Waals surface area contributed by atoms with Gasteiger partial charge < -0.3 is 43.6 Å². The molecule has 2 N–H and O–H groups in total. The Labute approximate surface area is 249 Å². The van der Waals surface area contributed by atoms with E-state index in [1.165, 1.54) is 12.1 Å². The summed E-state index contributed by atoms with van der Waals surface area (Å²) in [6.45, 7) is 8.33. The molecule has 0 bridgehead atoms. The second kappa shape index (κ2) is 23.2. The number of nitrogens with two attached hydrogens (primary N) is 1. The zero-order chi connectivity index (χ0) is 30.1. The van der Waals surface area contributed by atoms with Gasteiger partial charge in [-0.05, 0) is 43.3 Å². The van der Waals surface area contributed by atoms with E-state index < -0.39 is 10.1 Å². The molecular formula is C29H45NO11S.